The molecule has 1 saturated carbocycles. The van der Waals surface area contributed by atoms with E-state index in [-0.39, 0.29) is 18.0 Å². The fraction of sp³-hybridized carbons (Fsp3) is 0.562. The first-order chi connectivity index (χ1) is 11.1. The molecule has 2 N–H and O–H groups in total. The molecule has 1 aliphatic carbocycles. The minimum absolute atomic E-state index is 0. The van der Waals surface area contributed by atoms with Gasteiger partial charge in [-0.1, -0.05) is 25.7 Å². The predicted molar refractivity (Wildman–Crippen MR) is 92.1 cm³/mol. The number of benzene rings is 1. The molecule has 0 radical (unpaired) electrons. The van der Waals surface area contributed by atoms with Gasteiger partial charge >= 0.3 is 0 Å². The van der Waals surface area contributed by atoms with Crippen molar-refractivity contribution in [3.8, 4) is 0 Å². The third-order valence-electron chi connectivity index (χ3n) is 4.10. The molecule has 0 heterocycles. The van der Waals surface area contributed by atoms with Gasteiger partial charge in [-0.15, -0.1) is 12.4 Å². The lowest BCUT2D eigenvalue weighted by Crippen LogP contribution is -2.37. The third kappa shape index (κ3) is 6.05. The van der Waals surface area contributed by atoms with Crippen molar-refractivity contribution in [1.29, 1.82) is 0 Å². The zero-order valence-corrected chi connectivity index (χ0v) is 14.2. The van der Waals surface area contributed by atoms with E-state index in [1.54, 1.807) is 0 Å². The fourth-order valence-corrected chi connectivity index (χ4v) is 2.88. The van der Waals surface area contributed by atoms with Crippen molar-refractivity contribution in [3.63, 3.8) is 0 Å². The van der Waals surface area contributed by atoms with Gasteiger partial charge < -0.3 is 10.6 Å². The maximum atomic E-state index is 13.1. The second-order valence-corrected chi connectivity index (χ2v) is 5.82. The van der Waals surface area contributed by atoms with Gasteiger partial charge in [0.15, 0.2) is 0 Å². The summed E-state index contributed by atoms with van der Waals surface area (Å²) < 4.78 is 13.1. The van der Waals surface area contributed by atoms with Crippen LogP contribution in [0.2, 0.25) is 0 Å². The lowest BCUT2D eigenvalue weighted by molar-refractivity contribution is -0.385. The van der Waals surface area contributed by atoms with Crippen molar-refractivity contribution in [2.24, 2.45) is 0 Å². The van der Waals surface area contributed by atoms with Crippen LogP contribution < -0.4 is 10.6 Å². The number of halogens is 2. The summed E-state index contributed by atoms with van der Waals surface area (Å²) in [6, 6.07) is 3.43. The first-order valence-corrected chi connectivity index (χ1v) is 8.03. The molecule has 1 fully saturated rings. The monoisotopic (exact) mass is 359 g/mol. The summed E-state index contributed by atoms with van der Waals surface area (Å²) in [5, 5.41) is 16.9. The van der Waals surface area contributed by atoms with E-state index in [2.05, 4.69) is 10.6 Å². The SMILES string of the molecule is Cl.O=C(NCCNC1CCCCCC1)c1ccc(F)cc1[N+](=O)[O-]. The zero-order chi connectivity index (χ0) is 16.7. The van der Waals surface area contributed by atoms with Crippen LogP contribution in [0.1, 0.15) is 48.9 Å². The van der Waals surface area contributed by atoms with Crippen LogP contribution in [-0.2, 0) is 0 Å². The molecule has 6 nitrogen and oxygen atoms in total. The van der Waals surface area contributed by atoms with Crippen molar-refractivity contribution in [2.75, 3.05) is 13.1 Å². The van der Waals surface area contributed by atoms with Crippen LogP contribution in [0.5, 0.6) is 0 Å². The molecule has 24 heavy (non-hydrogen) atoms. The van der Waals surface area contributed by atoms with E-state index in [0.717, 1.165) is 31.0 Å². The van der Waals surface area contributed by atoms with Gasteiger partial charge in [-0.05, 0) is 25.0 Å². The number of carbonyl (C=O) groups excluding carboxylic acids is 1. The van der Waals surface area contributed by atoms with Crippen molar-refractivity contribution in [2.45, 2.75) is 44.6 Å². The first kappa shape index (κ1) is 20.3. The zero-order valence-electron chi connectivity index (χ0n) is 13.4. The number of carbonyl (C=O) groups is 1. The average molecular weight is 360 g/mol. The highest BCUT2D eigenvalue weighted by atomic mass is 35.5. The highest BCUT2D eigenvalue weighted by Crippen LogP contribution is 2.19. The number of nitro benzene ring substituents is 1. The summed E-state index contributed by atoms with van der Waals surface area (Å²) in [6.07, 6.45) is 7.32. The van der Waals surface area contributed by atoms with Crippen molar-refractivity contribution >= 4 is 24.0 Å². The Morgan fingerprint density at radius 2 is 1.88 bits per heavy atom. The van der Waals surface area contributed by atoms with Gasteiger partial charge in [-0.3, -0.25) is 14.9 Å². The van der Waals surface area contributed by atoms with Gasteiger partial charge in [0.1, 0.15) is 11.4 Å². The first-order valence-electron chi connectivity index (χ1n) is 8.03. The summed E-state index contributed by atoms with van der Waals surface area (Å²) in [5.41, 5.74) is -0.634. The molecule has 2 rings (SSSR count). The average Bonchev–Trinajstić information content (AvgIpc) is 2.80. The smallest absolute Gasteiger partial charge is 0.285 e. The molecule has 1 aromatic carbocycles. The number of rotatable bonds is 6. The standard InChI is InChI=1S/C16H22FN3O3.ClH/c17-12-7-8-14(15(11-12)20(22)23)16(21)19-10-9-18-13-5-3-1-2-4-6-13;/h7-8,11,13,18H,1-6,9-10H2,(H,19,21);1H. The van der Waals surface area contributed by atoms with Gasteiger partial charge in [0.2, 0.25) is 0 Å². The second-order valence-electron chi connectivity index (χ2n) is 5.82. The molecule has 1 aromatic rings. The predicted octanol–water partition coefficient (Wildman–Crippen LogP) is 3.20. The Bertz CT molecular complexity index is 563. The number of hydrogen-bond acceptors (Lipinski definition) is 4. The van der Waals surface area contributed by atoms with Gasteiger partial charge in [0.05, 0.1) is 11.0 Å². The largest absolute Gasteiger partial charge is 0.351 e. The van der Waals surface area contributed by atoms with Crippen LogP contribution in [0.4, 0.5) is 10.1 Å². The molecule has 0 atom stereocenters. The van der Waals surface area contributed by atoms with E-state index < -0.39 is 22.3 Å². The van der Waals surface area contributed by atoms with Gasteiger partial charge in [0, 0.05) is 19.1 Å². The normalized spacial score (nSPS) is 15.2. The number of amides is 1. The topological polar surface area (TPSA) is 84.3 Å². The maximum Gasteiger partial charge on any atom is 0.285 e. The Morgan fingerprint density at radius 1 is 1.21 bits per heavy atom. The van der Waals surface area contributed by atoms with E-state index in [9.17, 15) is 19.3 Å². The van der Waals surface area contributed by atoms with E-state index in [0.29, 0.717) is 19.1 Å². The highest BCUT2D eigenvalue weighted by molar-refractivity contribution is 5.98. The van der Waals surface area contributed by atoms with Crippen LogP contribution in [0.3, 0.4) is 0 Å². The summed E-state index contributed by atoms with van der Waals surface area (Å²) >= 11 is 0. The Hall–Kier alpha value is -1.73. The molecule has 134 valence electrons. The van der Waals surface area contributed by atoms with E-state index in [1.165, 1.54) is 25.7 Å². The van der Waals surface area contributed by atoms with Crippen LogP contribution in [-0.4, -0.2) is 30.0 Å². The molecule has 1 amide bonds. The molecule has 0 bridgehead atoms. The molecule has 0 spiro atoms. The van der Waals surface area contributed by atoms with E-state index >= 15 is 0 Å². The number of nitrogens with zero attached hydrogens (tertiary/aromatic N) is 1. The molecule has 0 aromatic heterocycles. The Labute approximate surface area is 146 Å². The van der Waals surface area contributed by atoms with Gasteiger partial charge in [-0.25, -0.2) is 4.39 Å². The second kappa shape index (κ2) is 10.2. The van der Waals surface area contributed by atoms with Crippen molar-refractivity contribution in [3.05, 3.63) is 39.7 Å². The van der Waals surface area contributed by atoms with Gasteiger partial charge in [0.25, 0.3) is 11.6 Å². The maximum absolute atomic E-state index is 13.1. The molecule has 0 unspecified atom stereocenters. The summed E-state index contributed by atoms with van der Waals surface area (Å²) in [7, 11) is 0. The molecule has 0 saturated heterocycles. The van der Waals surface area contributed by atoms with Crippen LogP contribution in [0.25, 0.3) is 0 Å². The lowest BCUT2D eigenvalue weighted by Gasteiger charge is -2.16. The minimum Gasteiger partial charge on any atom is -0.351 e. The van der Waals surface area contributed by atoms with Crippen molar-refractivity contribution < 1.29 is 14.1 Å². The number of nitrogens with one attached hydrogen (secondary N) is 2. The van der Waals surface area contributed by atoms with Crippen molar-refractivity contribution in [1.82, 2.24) is 10.6 Å². The Morgan fingerprint density at radius 3 is 2.50 bits per heavy atom. The fourth-order valence-electron chi connectivity index (χ4n) is 2.88. The molecular weight excluding hydrogens is 337 g/mol. The Kier molecular flexibility index (Phi) is 8.63. The van der Waals surface area contributed by atoms with E-state index in [1.807, 2.05) is 0 Å². The Balaban J connectivity index is 0.00000288. The van der Waals surface area contributed by atoms with E-state index in [4.69, 9.17) is 0 Å². The molecular formula is C16H23ClFN3O3. The lowest BCUT2D eigenvalue weighted by atomic mass is 10.1. The third-order valence-corrected chi connectivity index (χ3v) is 4.10. The minimum atomic E-state index is -0.748. The van der Waals surface area contributed by atoms with Crippen LogP contribution in [0.15, 0.2) is 18.2 Å². The van der Waals surface area contributed by atoms with Crippen LogP contribution in [0, 0.1) is 15.9 Å². The molecule has 8 heteroatoms. The molecule has 0 aliphatic heterocycles. The summed E-state index contributed by atoms with van der Waals surface area (Å²) in [4.78, 5) is 22.2. The van der Waals surface area contributed by atoms with Crippen LogP contribution >= 0.6 is 12.4 Å². The summed E-state index contributed by atoms with van der Waals surface area (Å²) in [6.45, 7) is 0.995. The quantitative estimate of drug-likeness (QED) is 0.353. The summed E-state index contributed by atoms with van der Waals surface area (Å²) in [5.74, 6) is -1.29. The van der Waals surface area contributed by atoms with Gasteiger partial charge in [-0.2, -0.15) is 0 Å². The molecule has 1 aliphatic rings. The highest BCUT2D eigenvalue weighted by Gasteiger charge is 2.20. The number of hydrogen-bond donors (Lipinski definition) is 2. The number of nitro groups is 1.